The highest BCUT2D eigenvalue weighted by atomic mass is 35.5. The summed E-state index contributed by atoms with van der Waals surface area (Å²) < 4.78 is 17.3. The molecule has 2 aliphatic rings. The van der Waals surface area contributed by atoms with Crippen molar-refractivity contribution >= 4 is 63.5 Å². The van der Waals surface area contributed by atoms with Crippen LogP contribution in [0.4, 0.5) is 5.69 Å². The van der Waals surface area contributed by atoms with Gasteiger partial charge in [0.1, 0.15) is 4.32 Å². The van der Waals surface area contributed by atoms with Gasteiger partial charge in [0.2, 0.25) is 0 Å². The van der Waals surface area contributed by atoms with Crippen molar-refractivity contribution in [1.82, 2.24) is 4.90 Å². The Kier molecular flexibility index (Phi) is 8.56. The average molecular weight is 547 g/mol. The standard InChI is InChI=1S/C26H27ClN2O5S2/c1-15-6-7-20(16(2)9-15)28-23(30)14-34-24-19(27)10-17(11-21(24)32-3)12-22-25(31)29(26(35)36-22)13-18-5-4-8-33-18/h6-7,9-12,18H,4-5,8,13-14H2,1-3H3,(H,28,30)/b22-12-/t18-/m1/s1. The van der Waals surface area contributed by atoms with Gasteiger partial charge in [-0.3, -0.25) is 14.5 Å². The van der Waals surface area contributed by atoms with Crippen LogP contribution in [0.5, 0.6) is 11.5 Å². The summed E-state index contributed by atoms with van der Waals surface area (Å²) in [7, 11) is 1.49. The zero-order valence-electron chi connectivity index (χ0n) is 20.3. The van der Waals surface area contributed by atoms with E-state index in [1.807, 2.05) is 32.0 Å². The third-order valence-corrected chi connectivity index (χ3v) is 7.50. The first kappa shape index (κ1) is 26.5. The van der Waals surface area contributed by atoms with Gasteiger partial charge in [0.15, 0.2) is 18.1 Å². The molecule has 1 atom stereocenters. The van der Waals surface area contributed by atoms with Crippen LogP contribution in [0.25, 0.3) is 6.08 Å². The SMILES string of the molecule is COc1cc(/C=C2\SC(=S)N(C[C@H]3CCCO3)C2=O)cc(Cl)c1OCC(=O)Nc1ccc(C)cc1C. The molecule has 2 aliphatic heterocycles. The van der Waals surface area contributed by atoms with E-state index < -0.39 is 0 Å². The number of rotatable bonds is 8. The molecule has 2 saturated heterocycles. The summed E-state index contributed by atoms with van der Waals surface area (Å²) in [6.45, 7) is 4.86. The van der Waals surface area contributed by atoms with Crippen molar-refractivity contribution in [1.29, 1.82) is 0 Å². The molecule has 0 spiro atoms. The van der Waals surface area contributed by atoms with Gasteiger partial charge >= 0.3 is 0 Å². The minimum Gasteiger partial charge on any atom is -0.493 e. The molecule has 4 rings (SSSR count). The molecule has 0 bridgehead atoms. The van der Waals surface area contributed by atoms with E-state index in [-0.39, 0.29) is 35.3 Å². The van der Waals surface area contributed by atoms with Crippen molar-refractivity contribution in [2.75, 3.05) is 32.2 Å². The molecule has 0 radical (unpaired) electrons. The number of thioether (sulfide) groups is 1. The fraction of sp³-hybridized carbons (Fsp3) is 0.346. The second kappa shape index (κ2) is 11.6. The normalized spacial score (nSPS) is 18.7. The number of anilines is 1. The lowest BCUT2D eigenvalue weighted by Gasteiger charge is -2.18. The summed E-state index contributed by atoms with van der Waals surface area (Å²) in [5, 5.41) is 3.10. The van der Waals surface area contributed by atoms with Crippen molar-refractivity contribution in [3.63, 3.8) is 0 Å². The van der Waals surface area contributed by atoms with Crippen LogP contribution in [-0.4, -0.2) is 54.0 Å². The smallest absolute Gasteiger partial charge is 0.266 e. The number of halogens is 1. The zero-order valence-corrected chi connectivity index (χ0v) is 22.6. The van der Waals surface area contributed by atoms with Crippen LogP contribution in [0.3, 0.4) is 0 Å². The fourth-order valence-corrected chi connectivity index (χ4v) is 5.59. The molecule has 0 aromatic heterocycles. The molecule has 1 N–H and O–H groups in total. The maximum absolute atomic E-state index is 12.9. The summed E-state index contributed by atoms with van der Waals surface area (Å²) in [4.78, 5) is 27.5. The van der Waals surface area contributed by atoms with Crippen LogP contribution in [0.2, 0.25) is 5.02 Å². The lowest BCUT2D eigenvalue weighted by Crippen LogP contribution is -2.35. The van der Waals surface area contributed by atoms with Gasteiger partial charge < -0.3 is 19.5 Å². The van der Waals surface area contributed by atoms with E-state index in [0.717, 1.165) is 36.3 Å². The molecule has 190 valence electrons. The fourth-order valence-electron chi connectivity index (χ4n) is 4.04. The Morgan fingerprint density at radius 1 is 1.33 bits per heavy atom. The van der Waals surface area contributed by atoms with Gasteiger partial charge in [0.05, 0.1) is 29.7 Å². The highest BCUT2D eigenvalue weighted by molar-refractivity contribution is 8.26. The number of hydrogen-bond donors (Lipinski definition) is 1. The Balaban J connectivity index is 1.44. The Morgan fingerprint density at radius 3 is 2.83 bits per heavy atom. The van der Waals surface area contributed by atoms with E-state index in [2.05, 4.69) is 5.32 Å². The number of amides is 2. The van der Waals surface area contributed by atoms with Gasteiger partial charge in [0.25, 0.3) is 11.8 Å². The van der Waals surface area contributed by atoms with Crippen molar-refractivity contribution in [2.24, 2.45) is 0 Å². The zero-order chi connectivity index (χ0) is 25.8. The molecule has 2 amide bonds. The van der Waals surface area contributed by atoms with Crippen LogP contribution in [0.1, 0.15) is 29.5 Å². The number of hydrogen-bond acceptors (Lipinski definition) is 7. The Bertz CT molecular complexity index is 1230. The lowest BCUT2D eigenvalue weighted by molar-refractivity contribution is -0.123. The average Bonchev–Trinajstić information content (AvgIpc) is 3.44. The number of ether oxygens (including phenoxy) is 3. The maximum atomic E-state index is 12.9. The second-order valence-corrected chi connectivity index (χ2v) is 10.7. The Morgan fingerprint density at radius 2 is 2.14 bits per heavy atom. The van der Waals surface area contributed by atoms with Crippen LogP contribution < -0.4 is 14.8 Å². The van der Waals surface area contributed by atoms with E-state index in [0.29, 0.717) is 27.1 Å². The Hall–Kier alpha value is -2.59. The van der Waals surface area contributed by atoms with Gasteiger partial charge in [-0.15, -0.1) is 0 Å². The van der Waals surface area contributed by atoms with E-state index >= 15 is 0 Å². The molecular weight excluding hydrogens is 520 g/mol. The highest BCUT2D eigenvalue weighted by Crippen LogP contribution is 2.39. The molecular formula is C26H27ClN2O5S2. The number of carbonyl (C=O) groups excluding carboxylic acids is 2. The summed E-state index contributed by atoms with van der Waals surface area (Å²) >= 11 is 13.2. The van der Waals surface area contributed by atoms with Crippen molar-refractivity contribution in [2.45, 2.75) is 32.8 Å². The largest absolute Gasteiger partial charge is 0.493 e. The van der Waals surface area contributed by atoms with Crippen molar-refractivity contribution in [3.8, 4) is 11.5 Å². The number of benzene rings is 2. The molecule has 2 heterocycles. The quantitative estimate of drug-likeness (QED) is 0.352. The number of carbonyl (C=O) groups is 2. The van der Waals surface area contributed by atoms with Crippen molar-refractivity contribution < 1.29 is 23.8 Å². The third-order valence-electron chi connectivity index (χ3n) is 5.84. The molecule has 0 aliphatic carbocycles. The second-order valence-electron chi connectivity index (χ2n) is 8.62. The predicted octanol–water partition coefficient (Wildman–Crippen LogP) is 5.36. The molecule has 36 heavy (non-hydrogen) atoms. The number of nitrogens with one attached hydrogen (secondary N) is 1. The van der Waals surface area contributed by atoms with E-state index in [4.69, 9.17) is 38.0 Å². The van der Waals surface area contributed by atoms with Gasteiger partial charge in [0, 0.05) is 12.3 Å². The van der Waals surface area contributed by atoms with Gasteiger partial charge in [-0.05, 0) is 62.1 Å². The number of aryl methyl sites for hydroxylation is 2. The number of methoxy groups -OCH3 is 1. The molecule has 2 aromatic rings. The first-order valence-corrected chi connectivity index (χ1v) is 13.1. The third kappa shape index (κ3) is 6.21. The van der Waals surface area contributed by atoms with Gasteiger partial charge in [-0.25, -0.2) is 0 Å². The first-order chi connectivity index (χ1) is 17.2. The Labute approximate surface area is 225 Å². The monoisotopic (exact) mass is 546 g/mol. The van der Waals surface area contributed by atoms with Crippen molar-refractivity contribution in [3.05, 3.63) is 56.9 Å². The summed E-state index contributed by atoms with van der Waals surface area (Å²) in [6.07, 6.45) is 3.66. The minimum absolute atomic E-state index is 0.0185. The molecule has 2 fully saturated rings. The molecule has 10 heteroatoms. The van der Waals surface area contributed by atoms with E-state index in [9.17, 15) is 9.59 Å². The predicted molar refractivity (Wildman–Crippen MR) is 147 cm³/mol. The summed E-state index contributed by atoms with van der Waals surface area (Å²) in [5.41, 5.74) is 3.45. The molecule has 0 unspecified atom stereocenters. The van der Waals surface area contributed by atoms with Gasteiger partial charge in [-0.1, -0.05) is 53.3 Å². The lowest BCUT2D eigenvalue weighted by atomic mass is 10.1. The van der Waals surface area contributed by atoms with Crippen LogP contribution in [0, 0.1) is 13.8 Å². The summed E-state index contributed by atoms with van der Waals surface area (Å²) in [5.74, 6) is 0.124. The molecule has 0 saturated carbocycles. The highest BCUT2D eigenvalue weighted by Gasteiger charge is 2.34. The topological polar surface area (TPSA) is 77.1 Å². The van der Waals surface area contributed by atoms with Crippen LogP contribution in [0.15, 0.2) is 35.2 Å². The molecule has 7 nitrogen and oxygen atoms in total. The van der Waals surface area contributed by atoms with Crippen LogP contribution >= 0.6 is 35.6 Å². The van der Waals surface area contributed by atoms with E-state index in [1.54, 1.807) is 23.1 Å². The van der Waals surface area contributed by atoms with Crippen LogP contribution in [-0.2, 0) is 14.3 Å². The molecule has 2 aromatic carbocycles. The number of nitrogens with zero attached hydrogens (tertiary/aromatic N) is 1. The minimum atomic E-state index is -0.320. The van der Waals surface area contributed by atoms with Gasteiger partial charge in [-0.2, -0.15) is 0 Å². The summed E-state index contributed by atoms with van der Waals surface area (Å²) in [6, 6.07) is 9.14. The number of thiocarbonyl (C=S) groups is 1. The first-order valence-electron chi connectivity index (χ1n) is 11.5. The van der Waals surface area contributed by atoms with E-state index in [1.165, 1.54) is 18.9 Å². The maximum Gasteiger partial charge on any atom is 0.266 e.